The Balaban J connectivity index is 1.70. The molecule has 0 unspecified atom stereocenters. The molecule has 0 saturated heterocycles. The van der Waals surface area contributed by atoms with Crippen LogP contribution in [-0.2, 0) is 12.6 Å². The summed E-state index contributed by atoms with van der Waals surface area (Å²) in [5, 5.41) is 0. The van der Waals surface area contributed by atoms with Gasteiger partial charge in [0.1, 0.15) is 0 Å². The molecule has 0 radical (unpaired) electrons. The summed E-state index contributed by atoms with van der Waals surface area (Å²) in [5.41, 5.74) is 3.96. The van der Waals surface area contributed by atoms with E-state index in [4.69, 9.17) is 0 Å². The van der Waals surface area contributed by atoms with Gasteiger partial charge in [-0.2, -0.15) is 13.2 Å². The molecule has 0 heterocycles. The van der Waals surface area contributed by atoms with E-state index in [0.29, 0.717) is 5.92 Å². The predicted octanol–water partition coefficient (Wildman–Crippen LogP) is 8.79. The van der Waals surface area contributed by atoms with Crippen LogP contribution < -0.4 is 0 Å². The quantitative estimate of drug-likeness (QED) is 0.406. The third kappa shape index (κ3) is 5.65. The van der Waals surface area contributed by atoms with E-state index >= 15 is 0 Å². The maximum Gasteiger partial charge on any atom is 0.416 e. The Morgan fingerprint density at radius 1 is 0.862 bits per heavy atom. The minimum absolute atomic E-state index is 0.591. The Labute approximate surface area is 173 Å². The molecule has 1 aliphatic rings. The number of hydrogen-bond donors (Lipinski definition) is 0. The van der Waals surface area contributed by atoms with Gasteiger partial charge < -0.3 is 0 Å². The topological polar surface area (TPSA) is 0 Å². The summed E-state index contributed by atoms with van der Waals surface area (Å²) in [6.45, 7) is 4.38. The largest absolute Gasteiger partial charge is 0.416 e. The van der Waals surface area contributed by atoms with Crippen molar-refractivity contribution in [1.82, 2.24) is 0 Å². The number of unbranched alkanes of at least 4 members (excludes halogenated alkanes) is 2. The number of alkyl halides is 3. The molecule has 0 N–H and O–H groups in total. The minimum Gasteiger partial charge on any atom is -0.166 e. The van der Waals surface area contributed by atoms with E-state index < -0.39 is 11.7 Å². The molecule has 0 bridgehead atoms. The third-order valence-corrected chi connectivity index (χ3v) is 6.57. The van der Waals surface area contributed by atoms with Gasteiger partial charge in [0.15, 0.2) is 0 Å². The maximum atomic E-state index is 12.8. The van der Waals surface area contributed by atoms with Gasteiger partial charge in [-0.05, 0) is 78.3 Å². The molecule has 29 heavy (non-hydrogen) atoms. The minimum atomic E-state index is -4.29. The van der Waals surface area contributed by atoms with E-state index in [1.165, 1.54) is 74.6 Å². The molecule has 3 heteroatoms. The Bertz CT molecular complexity index is 766. The van der Waals surface area contributed by atoms with Crippen LogP contribution in [0.4, 0.5) is 13.2 Å². The number of aryl methyl sites for hydroxylation is 1. The van der Waals surface area contributed by atoms with Gasteiger partial charge in [0.05, 0.1) is 5.56 Å². The fourth-order valence-corrected chi connectivity index (χ4v) is 4.75. The SMILES string of the molecule is CCCCCC1CCC(c2ccc(-c3ccc(C(F)(F)F)cc3)c(CC)c2)CC1. The molecule has 1 aliphatic carbocycles. The van der Waals surface area contributed by atoms with Crippen molar-refractivity contribution in [2.45, 2.75) is 83.7 Å². The van der Waals surface area contributed by atoms with Crippen LogP contribution in [0.3, 0.4) is 0 Å². The van der Waals surface area contributed by atoms with E-state index in [1.807, 2.05) is 0 Å². The number of hydrogen-bond acceptors (Lipinski definition) is 0. The zero-order valence-corrected chi connectivity index (χ0v) is 17.7. The van der Waals surface area contributed by atoms with Gasteiger partial charge in [0.25, 0.3) is 0 Å². The maximum absolute atomic E-state index is 12.8. The molecule has 158 valence electrons. The molecule has 0 amide bonds. The second-order valence-electron chi connectivity index (χ2n) is 8.56. The second kappa shape index (κ2) is 9.82. The lowest BCUT2D eigenvalue weighted by molar-refractivity contribution is -0.137. The van der Waals surface area contributed by atoms with E-state index in [9.17, 15) is 13.2 Å². The summed E-state index contributed by atoms with van der Waals surface area (Å²) in [4.78, 5) is 0. The summed E-state index contributed by atoms with van der Waals surface area (Å²) in [6.07, 6.45) is 7.18. The fourth-order valence-electron chi connectivity index (χ4n) is 4.75. The first kappa shape index (κ1) is 21.9. The molecule has 2 aromatic carbocycles. The van der Waals surface area contributed by atoms with E-state index in [2.05, 4.69) is 32.0 Å². The number of halogens is 3. The van der Waals surface area contributed by atoms with Crippen molar-refractivity contribution < 1.29 is 13.2 Å². The van der Waals surface area contributed by atoms with Gasteiger partial charge in [-0.15, -0.1) is 0 Å². The lowest BCUT2D eigenvalue weighted by atomic mass is 9.76. The number of benzene rings is 2. The first-order valence-corrected chi connectivity index (χ1v) is 11.2. The molecule has 2 aromatic rings. The molecule has 1 saturated carbocycles. The average Bonchev–Trinajstić information content (AvgIpc) is 2.73. The highest BCUT2D eigenvalue weighted by Crippen LogP contribution is 2.39. The molecular formula is C26H33F3. The summed E-state index contributed by atoms with van der Waals surface area (Å²) in [7, 11) is 0. The van der Waals surface area contributed by atoms with E-state index in [1.54, 1.807) is 12.1 Å². The normalized spacial score (nSPS) is 20.0. The van der Waals surface area contributed by atoms with Crippen molar-refractivity contribution in [3.63, 3.8) is 0 Å². The van der Waals surface area contributed by atoms with Gasteiger partial charge in [-0.1, -0.05) is 69.9 Å². The monoisotopic (exact) mass is 402 g/mol. The van der Waals surface area contributed by atoms with E-state index in [0.717, 1.165) is 23.5 Å². The Hall–Kier alpha value is -1.77. The van der Waals surface area contributed by atoms with E-state index in [-0.39, 0.29) is 0 Å². The van der Waals surface area contributed by atoms with Gasteiger partial charge >= 0.3 is 6.18 Å². The standard InChI is InChI=1S/C26H33F3/c1-3-5-6-7-19-8-10-21(11-9-19)23-14-17-25(20(4-2)18-23)22-12-15-24(16-13-22)26(27,28)29/h12-19,21H,3-11H2,1-2H3. The summed E-state index contributed by atoms with van der Waals surface area (Å²) in [6, 6.07) is 12.2. The van der Waals surface area contributed by atoms with Crippen LogP contribution in [0.5, 0.6) is 0 Å². The highest BCUT2D eigenvalue weighted by molar-refractivity contribution is 5.68. The van der Waals surface area contributed by atoms with Crippen molar-refractivity contribution in [2.75, 3.05) is 0 Å². The van der Waals surface area contributed by atoms with Gasteiger partial charge in [-0.25, -0.2) is 0 Å². The third-order valence-electron chi connectivity index (χ3n) is 6.57. The van der Waals surface area contributed by atoms with Gasteiger partial charge in [0.2, 0.25) is 0 Å². The van der Waals surface area contributed by atoms with Crippen molar-refractivity contribution in [3.8, 4) is 11.1 Å². The lowest BCUT2D eigenvalue weighted by Gasteiger charge is -2.29. The van der Waals surface area contributed by atoms with Gasteiger partial charge in [0, 0.05) is 0 Å². The zero-order valence-electron chi connectivity index (χ0n) is 17.7. The number of rotatable bonds is 7. The van der Waals surface area contributed by atoms with Crippen molar-refractivity contribution >= 4 is 0 Å². The van der Waals surface area contributed by atoms with Crippen LogP contribution in [0, 0.1) is 5.92 Å². The Kier molecular flexibility index (Phi) is 7.43. The fraction of sp³-hybridized carbons (Fsp3) is 0.538. The Morgan fingerprint density at radius 2 is 1.55 bits per heavy atom. The summed E-state index contributed by atoms with van der Waals surface area (Å²) >= 11 is 0. The molecule has 0 aliphatic heterocycles. The first-order chi connectivity index (χ1) is 13.9. The Morgan fingerprint density at radius 3 is 2.14 bits per heavy atom. The van der Waals surface area contributed by atoms with Crippen LogP contribution in [-0.4, -0.2) is 0 Å². The van der Waals surface area contributed by atoms with Crippen LogP contribution in [0.2, 0.25) is 0 Å². The van der Waals surface area contributed by atoms with Crippen LogP contribution >= 0.6 is 0 Å². The van der Waals surface area contributed by atoms with Gasteiger partial charge in [-0.3, -0.25) is 0 Å². The first-order valence-electron chi connectivity index (χ1n) is 11.2. The smallest absolute Gasteiger partial charge is 0.166 e. The highest BCUT2D eigenvalue weighted by atomic mass is 19.4. The predicted molar refractivity (Wildman–Crippen MR) is 115 cm³/mol. The molecule has 3 rings (SSSR count). The molecular weight excluding hydrogens is 369 g/mol. The van der Waals surface area contributed by atoms with Crippen molar-refractivity contribution in [1.29, 1.82) is 0 Å². The molecule has 0 aromatic heterocycles. The van der Waals surface area contributed by atoms with Crippen LogP contribution in [0.25, 0.3) is 11.1 Å². The molecule has 0 nitrogen and oxygen atoms in total. The average molecular weight is 403 g/mol. The van der Waals surface area contributed by atoms with Crippen molar-refractivity contribution in [2.24, 2.45) is 5.92 Å². The molecule has 0 spiro atoms. The molecule has 0 atom stereocenters. The second-order valence-corrected chi connectivity index (χ2v) is 8.56. The summed E-state index contributed by atoms with van der Waals surface area (Å²) < 4.78 is 38.5. The lowest BCUT2D eigenvalue weighted by Crippen LogP contribution is -2.13. The highest BCUT2D eigenvalue weighted by Gasteiger charge is 2.30. The van der Waals surface area contributed by atoms with Crippen molar-refractivity contribution in [3.05, 3.63) is 59.2 Å². The summed E-state index contributed by atoms with van der Waals surface area (Å²) in [5.74, 6) is 1.53. The van der Waals surface area contributed by atoms with Crippen LogP contribution in [0.1, 0.15) is 87.8 Å². The molecule has 1 fully saturated rings. The van der Waals surface area contributed by atoms with Crippen LogP contribution in [0.15, 0.2) is 42.5 Å². The zero-order chi connectivity index (χ0) is 20.9.